The van der Waals surface area contributed by atoms with Crippen LogP contribution in [0.5, 0.6) is 0 Å². The minimum Gasteiger partial charge on any atom is -0.478 e. The van der Waals surface area contributed by atoms with E-state index in [1.165, 1.54) is 25.7 Å². The Kier molecular flexibility index (Phi) is 3.48. The summed E-state index contributed by atoms with van der Waals surface area (Å²) < 4.78 is 0.690. The number of fused-ring (bicyclic) bond motifs is 2. The van der Waals surface area contributed by atoms with Gasteiger partial charge >= 0.3 is 5.97 Å². The molecule has 2 N–H and O–H groups in total. The lowest BCUT2D eigenvalue weighted by molar-refractivity contribution is 0.0697. The van der Waals surface area contributed by atoms with Crippen molar-refractivity contribution in [3.8, 4) is 0 Å². The molecule has 1 aromatic rings. The Morgan fingerprint density at radius 1 is 1.47 bits per heavy atom. The van der Waals surface area contributed by atoms with Crippen LogP contribution < -0.4 is 5.32 Å². The molecule has 0 radical (unpaired) electrons. The number of carboxylic acid groups (broad SMARTS) is 1. The fourth-order valence-corrected chi connectivity index (χ4v) is 3.93. The Bertz CT molecular complexity index is 506. The zero-order chi connectivity index (χ0) is 13.4. The van der Waals surface area contributed by atoms with E-state index < -0.39 is 5.97 Å². The van der Waals surface area contributed by atoms with Crippen molar-refractivity contribution >= 4 is 27.7 Å². The van der Waals surface area contributed by atoms with Crippen molar-refractivity contribution < 1.29 is 9.90 Å². The van der Waals surface area contributed by atoms with Gasteiger partial charge in [0.15, 0.2) is 0 Å². The van der Waals surface area contributed by atoms with Crippen LogP contribution >= 0.6 is 15.9 Å². The van der Waals surface area contributed by atoms with Crippen LogP contribution in [0.1, 0.15) is 36.0 Å². The van der Waals surface area contributed by atoms with Gasteiger partial charge in [0.2, 0.25) is 0 Å². The van der Waals surface area contributed by atoms with Gasteiger partial charge in [-0.1, -0.05) is 6.42 Å². The SMILES string of the molecule is O=C(O)c1cc(Br)cnc1NCC1CC2CCC1C2. The van der Waals surface area contributed by atoms with E-state index in [1.54, 1.807) is 12.3 Å². The van der Waals surface area contributed by atoms with Gasteiger partial charge in [-0.15, -0.1) is 0 Å². The fraction of sp³-hybridized carbons (Fsp3) is 0.571. The summed E-state index contributed by atoms with van der Waals surface area (Å²) in [4.78, 5) is 15.4. The number of hydrogen-bond acceptors (Lipinski definition) is 3. The van der Waals surface area contributed by atoms with E-state index in [4.69, 9.17) is 0 Å². The molecule has 0 spiro atoms. The minimum absolute atomic E-state index is 0.234. The maximum absolute atomic E-state index is 11.2. The van der Waals surface area contributed by atoms with Gasteiger partial charge in [-0.2, -0.15) is 0 Å². The number of carbonyl (C=O) groups is 1. The lowest BCUT2D eigenvalue weighted by Crippen LogP contribution is -2.21. The molecule has 1 aromatic heterocycles. The Balaban J connectivity index is 1.68. The molecular formula is C14H17BrN2O2. The molecule has 1 heterocycles. The van der Waals surface area contributed by atoms with Crippen molar-refractivity contribution in [1.29, 1.82) is 0 Å². The molecule has 2 aliphatic carbocycles. The summed E-state index contributed by atoms with van der Waals surface area (Å²) in [5.41, 5.74) is 0.234. The first kappa shape index (κ1) is 12.9. The van der Waals surface area contributed by atoms with Gasteiger partial charge in [-0.3, -0.25) is 0 Å². The summed E-state index contributed by atoms with van der Waals surface area (Å²) in [6, 6.07) is 1.60. The molecule has 0 amide bonds. The largest absolute Gasteiger partial charge is 0.478 e. The number of aromatic carboxylic acids is 1. The molecule has 19 heavy (non-hydrogen) atoms. The molecular weight excluding hydrogens is 308 g/mol. The highest BCUT2D eigenvalue weighted by molar-refractivity contribution is 9.10. The number of nitrogens with zero attached hydrogens (tertiary/aromatic N) is 1. The first-order chi connectivity index (χ1) is 9.13. The van der Waals surface area contributed by atoms with Crippen molar-refractivity contribution in [3.05, 3.63) is 22.3 Å². The highest BCUT2D eigenvalue weighted by atomic mass is 79.9. The second-order valence-corrected chi connectivity index (χ2v) is 6.59. The standard InChI is InChI=1S/C14H17BrN2O2/c15-11-5-12(14(18)19)13(17-7-11)16-6-10-4-8-1-2-9(10)3-8/h5,7-10H,1-4,6H2,(H,16,17)(H,18,19). The van der Waals surface area contributed by atoms with Gasteiger partial charge in [0.1, 0.15) is 11.4 Å². The van der Waals surface area contributed by atoms with Crippen LogP contribution in [0.15, 0.2) is 16.7 Å². The molecule has 0 aliphatic heterocycles. The zero-order valence-corrected chi connectivity index (χ0v) is 12.2. The Morgan fingerprint density at radius 2 is 2.32 bits per heavy atom. The van der Waals surface area contributed by atoms with Gasteiger partial charge < -0.3 is 10.4 Å². The average Bonchev–Trinajstić information content (AvgIpc) is 2.99. The highest BCUT2D eigenvalue weighted by Crippen LogP contribution is 2.48. The zero-order valence-electron chi connectivity index (χ0n) is 10.6. The number of rotatable bonds is 4. The third kappa shape index (κ3) is 2.61. The normalized spacial score (nSPS) is 28.6. The summed E-state index contributed by atoms with van der Waals surface area (Å²) in [5, 5.41) is 12.4. The number of anilines is 1. The summed E-state index contributed by atoms with van der Waals surface area (Å²) in [6.45, 7) is 0.843. The quantitative estimate of drug-likeness (QED) is 0.891. The minimum atomic E-state index is -0.941. The molecule has 2 aliphatic rings. The molecule has 2 fully saturated rings. The molecule has 3 rings (SSSR count). The van der Waals surface area contributed by atoms with E-state index in [0.717, 1.165) is 18.4 Å². The van der Waals surface area contributed by atoms with E-state index in [2.05, 4.69) is 26.2 Å². The van der Waals surface area contributed by atoms with Crippen molar-refractivity contribution in [2.45, 2.75) is 25.7 Å². The number of nitrogens with one attached hydrogen (secondary N) is 1. The monoisotopic (exact) mass is 324 g/mol. The highest BCUT2D eigenvalue weighted by Gasteiger charge is 2.39. The molecule has 0 saturated heterocycles. The van der Waals surface area contributed by atoms with Gasteiger partial charge in [0, 0.05) is 17.2 Å². The van der Waals surface area contributed by atoms with Gasteiger partial charge in [-0.25, -0.2) is 9.78 Å². The molecule has 3 unspecified atom stereocenters. The van der Waals surface area contributed by atoms with Crippen molar-refractivity contribution in [1.82, 2.24) is 4.98 Å². The first-order valence-electron chi connectivity index (χ1n) is 6.76. The summed E-state index contributed by atoms with van der Waals surface area (Å²) in [6.07, 6.45) is 7.02. The van der Waals surface area contributed by atoms with E-state index in [-0.39, 0.29) is 5.56 Å². The van der Waals surface area contributed by atoms with E-state index in [1.807, 2.05) is 0 Å². The van der Waals surface area contributed by atoms with Crippen molar-refractivity contribution in [2.75, 3.05) is 11.9 Å². The summed E-state index contributed by atoms with van der Waals surface area (Å²) in [7, 11) is 0. The predicted octanol–water partition coefficient (Wildman–Crippen LogP) is 3.39. The maximum atomic E-state index is 11.2. The lowest BCUT2D eigenvalue weighted by atomic mass is 9.89. The summed E-state index contributed by atoms with van der Waals surface area (Å²) >= 11 is 3.25. The van der Waals surface area contributed by atoms with Crippen LogP contribution in [0.25, 0.3) is 0 Å². The molecule has 2 saturated carbocycles. The smallest absolute Gasteiger partial charge is 0.339 e. The van der Waals surface area contributed by atoms with Crippen LogP contribution in [-0.2, 0) is 0 Å². The van der Waals surface area contributed by atoms with Crippen molar-refractivity contribution in [2.24, 2.45) is 17.8 Å². The van der Waals surface area contributed by atoms with Crippen LogP contribution in [-0.4, -0.2) is 22.6 Å². The third-order valence-corrected chi connectivity index (χ3v) is 4.93. The van der Waals surface area contributed by atoms with Gasteiger partial charge in [0.25, 0.3) is 0 Å². The maximum Gasteiger partial charge on any atom is 0.339 e. The average molecular weight is 325 g/mol. The second-order valence-electron chi connectivity index (χ2n) is 5.67. The van der Waals surface area contributed by atoms with E-state index in [9.17, 15) is 9.90 Å². The lowest BCUT2D eigenvalue weighted by Gasteiger charge is -2.22. The van der Waals surface area contributed by atoms with Gasteiger partial charge in [-0.05, 0) is 59.0 Å². The molecule has 102 valence electrons. The van der Waals surface area contributed by atoms with Crippen LogP contribution in [0.3, 0.4) is 0 Å². The Hall–Kier alpha value is -1.10. The number of carboxylic acids is 1. The molecule has 0 aromatic carbocycles. The fourth-order valence-electron chi connectivity index (χ4n) is 3.60. The van der Waals surface area contributed by atoms with Gasteiger partial charge in [0.05, 0.1) is 0 Å². The second kappa shape index (κ2) is 5.12. The first-order valence-corrected chi connectivity index (χ1v) is 7.55. The Labute approximate surface area is 120 Å². The van der Waals surface area contributed by atoms with Crippen LogP contribution in [0, 0.1) is 17.8 Å². The molecule has 2 bridgehead atoms. The van der Waals surface area contributed by atoms with Crippen molar-refractivity contribution in [3.63, 3.8) is 0 Å². The number of halogens is 1. The van der Waals surface area contributed by atoms with Crippen LogP contribution in [0.4, 0.5) is 5.82 Å². The van der Waals surface area contributed by atoms with E-state index in [0.29, 0.717) is 16.2 Å². The van der Waals surface area contributed by atoms with Crippen LogP contribution in [0.2, 0.25) is 0 Å². The summed E-state index contributed by atoms with van der Waals surface area (Å²) in [5.74, 6) is 1.98. The van der Waals surface area contributed by atoms with E-state index >= 15 is 0 Å². The third-order valence-electron chi connectivity index (χ3n) is 4.50. The molecule has 3 atom stereocenters. The Morgan fingerprint density at radius 3 is 2.95 bits per heavy atom. The topological polar surface area (TPSA) is 62.2 Å². The number of pyridine rings is 1. The molecule has 5 heteroatoms. The number of hydrogen-bond donors (Lipinski definition) is 2. The predicted molar refractivity (Wildman–Crippen MR) is 76.3 cm³/mol. The molecule has 4 nitrogen and oxygen atoms in total. The number of aromatic nitrogens is 1.